The number of methoxy groups -OCH3 is 1. The van der Waals surface area contributed by atoms with Crippen LogP contribution in [-0.2, 0) is 0 Å². The number of Topliss-reactive ketones (excluding diaryl/α,β-unsaturated/α-hetero) is 1. The smallest absolute Gasteiger partial charge is 0.163 e. The number of piperazine rings is 1. The van der Waals surface area contributed by atoms with Crippen LogP contribution >= 0.6 is 12.4 Å². The monoisotopic (exact) mass is 390 g/mol. The molecule has 2 aromatic rings. The van der Waals surface area contributed by atoms with Gasteiger partial charge in [-0.1, -0.05) is 30.3 Å². The Bertz CT molecular complexity index is 754. The number of para-hydroxylation sites is 2. The maximum atomic E-state index is 11.7. The molecule has 1 atom stereocenters. The van der Waals surface area contributed by atoms with Crippen molar-refractivity contribution in [1.82, 2.24) is 10.2 Å². The van der Waals surface area contributed by atoms with Crippen LogP contribution in [0.3, 0.4) is 0 Å². The highest BCUT2D eigenvalue weighted by molar-refractivity contribution is 5.96. The van der Waals surface area contributed by atoms with Crippen molar-refractivity contribution in [2.45, 2.75) is 13.0 Å². The molecule has 2 aromatic carbocycles. The Morgan fingerprint density at radius 1 is 1.15 bits per heavy atom. The summed E-state index contributed by atoms with van der Waals surface area (Å²) in [6.07, 6.45) is 0. The summed E-state index contributed by atoms with van der Waals surface area (Å²) in [5.41, 5.74) is 1.82. The molecule has 146 valence electrons. The first-order valence-corrected chi connectivity index (χ1v) is 9.01. The maximum absolute atomic E-state index is 11.7. The third-order valence-electron chi connectivity index (χ3n) is 4.75. The summed E-state index contributed by atoms with van der Waals surface area (Å²) in [7, 11) is 1.71. The second-order valence-corrected chi connectivity index (χ2v) is 6.40. The molecule has 0 aromatic heterocycles. The lowest BCUT2D eigenvalue weighted by Gasteiger charge is -2.37. The van der Waals surface area contributed by atoms with Crippen molar-refractivity contribution in [2.24, 2.45) is 0 Å². The van der Waals surface area contributed by atoms with E-state index in [0.717, 1.165) is 31.9 Å². The van der Waals surface area contributed by atoms with Crippen LogP contribution in [0.1, 0.15) is 28.9 Å². The van der Waals surface area contributed by atoms with Gasteiger partial charge >= 0.3 is 0 Å². The Balaban J connectivity index is 0.00000261. The fourth-order valence-corrected chi connectivity index (χ4v) is 3.42. The van der Waals surface area contributed by atoms with Crippen LogP contribution in [0.25, 0.3) is 0 Å². The zero-order chi connectivity index (χ0) is 18.4. The minimum absolute atomic E-state index is 0. The fourth-order valence-electron chi connectivity index (χ4n) is 3.42. The molecular weight excluding hydrogens is 364 g/mol. The second-order valence-electron chi connectivity index (χ2n) is 6.40. The number of halogens is 1. The van der Waals surface area contributed by atoms with Gasteiger partial charge < -0.3 is 14.8 Å². The van der Waals surface area contributed by atoms with Crippen molar-refractivity contribution in [3.63, 3.8) is 0 Å². The number of carbonyl (C=O) groups excluding carboxylic acids is 1. The Morgan fingerprint density at radius 2 is 1.85 bits per heavy atom. The number of nitrogens with one attached hydrogen (secondary N) is 1. The van der Waals surface area contributed by atoms with Crippen molar-refractivity contribution < 1.29 is 14.3 Å². The zero-order valence-corrected chi connectivity index (χ0v) is 16.6. The summed E-state index contributed by atoms with van der Waals surface area (Å²) in [4.78, 5) is 14.1. The Kier molecular flexibility index (Phi) is 8.10. The first-order chi connectivity index (χ1) is 12.7. The largest absolute Gasteiger partial charge is 0.496 e. The minimum Gasteiger partial charge on any atom is -0.496 e. The lowest BCUT2D eigenvalue weighted by molar-refractivity contribution is 0.101. The number of rotatable bonds is 7. The summed E-state index contributed by atoms with van der Waals surface area (Å²) in [5, 5.41) is 3.46. The van der Waals surface area contributed by atoms with Gasteiger partial charge in [0.05, 0.1) is 18.7 Å². The molecule has 1 unspecified atom stereocenters. The van der Waals surface area contributed by atoms with E-state index in [9.17, 15) is 4.79 Å². The normalized spacial score (nSPS) is 17.0. The van der Waals surface area contributed by atoms with Gasteiger partial charge in [0.1, 0.15) is 18.1 Å². The Hall–Kier alpha value is -2.08. The lowest BCUT2D eigenvalue weighted by atomic mass is 10.0. The van der Waals surface area contributed by atoms with Gasteiger partial charge in [0.15, 0.2) is 5.78 Å². The molecule has 0 saturated carbocycles. The molecule has 0 aliphatic carbocycles. The van der Waals surface area contributed by atoms with Gasteiger partial charge in [-0.05, 0) is 25.1 Å². The molecule has 1 fully saturated rings. The highest BCUT2D eigenvalue weighted by Crippen LogP contribution is 2.30. The number of carbonyl (C=O) groups is 1. The number of hydrogen-bond acceptors (Lipinski definition) is 5. The van der Waals surface area contributed by atoms with E-state index in [-0.39, 0.29) is 24.2 Å². The number of benzene rings is 2. The van der Waals surface area contributed by atoms with E-state index in [0.29, 0.717) is 17.9 Å². The van der Waals surface area contributed by atoms with Crippen LogP contribution in [0.4, 0.5) is 0 Å². The van der Waals surface area contributed by atoms with Gasteiger partial charge in [-0.2, -0.15) is 0 Å². The van der Waals surface area contributed by atoms with E-state index in [2.05, 4.69) is 16.3 Å². The fraction of sp³-hybridized carbons (Fsp3) is 0.381. The molecule has 1 N–H and O–H groups in total. The van der Waals surface area contributed by atoms with E-state index in [1.807, 2.05) is 36.4 Å². The zero-order valence-electron chi connectivity index (χ0n) is 15.8. The SMILES string of the molecule is COc1ccccc1C1CNCCN1CCOc1ccccc1C(C)=O.Cl. The van der Waals surface area contributed by atoms with Gasteiger partial charge in [0, 0.05) is 31.7 Å². The van der Waals surface area contributed by atoms with Crippen molar-refractivity contribution in [1.29, 1.82) is 0 Å². The first kappa shape index (κ1) is 21.2. The Morgan fingerprint density at radius 3 is 2.59 bits per heavy atom. The van der Waals surface area contributed by atoms with E-state index >= 15 is 0 Å². The van der Waals surface area contributed by atoms with Crippen LogP contribution in [0, 0.1) is 0 Å². The van der Waals surface area contributed by atoms with Gasteiger partial charge in [0.2, 0.25) is 0 Å². The van der Waals surface area contributed by atoms with Gasteiger partial charge in [-0.3, -0.25) is 9.69 Å². The molecule has 5 nitrogen and oxygen atoms in total. The standard InChI is InChI=1S/C21H26N2O3.ClH/c1-16(24)17-7-3-6-10-21(17)26-14-13-23-12-11-22-15-19(23)18-8-4-5-9-20(18)25-2;/h3-10,19,22H,11-15H2,1-2H3;1H. The molecule has 1 heterocycles. The van der Waals surface area contributed by atoms with Gasteiger partial charge in [-0.25, -0.2) is 0 Å². The first-order valence-electron chi connectivity index (χ1n) is 9.01. The molecule has 27 heavy (non-hydrogen) atoms. The van der Waals surface area contributed by atoms with E-state index < -0.39 is 0 Å². The van der Waals surface area contributed by atoms with Crippen LogP contribution < -0.4 is 14.8 Å². The predicted molar refractivity (Wildman–Crippen MR) is 109 cm³/mol. The molecule has 3 rings (SSSR count). The lowest BCUT2D eigenvalue weighted by Crippen LogP contribution is -2.47. The molecule has 1 saturated heterocycles. The number of nitrogens with zero attached hydrogens (tertiary/aromatic N) is 1. The molecule has 6 heteroatoms. The second kappa shape index (κ2) is 10.3. The topological polar surface area (TPSA) is 50.8 Å². The number of hydrogen-bond donors (Lipinski definition) is 1. The van der Waals surface area contributed by atoms with Crippen LogP contribution in [-0.4, -0.2) is 50.6 Å². The van der Waals surface area contributed by atoms with E-state index in [4.69, 9.17) is 9.47 Å². The Labute approximate surface area is 167 Å². The third kappa shape index (κ3) is 5.22. The molecule has 0 spiro atoms. The summed E-state index contributed by atoms with van der Waals surface area (Å²) in [6.45, 7) is 5.67. The van der Waals surface area contributed by atoms with Crippen molar-refractivity contribution in [2.75, 3.05) is 39.9 Å². The quantitative estimate of drug-likeness (QED) is 0.735. The van der Waals surface area contributed by atoms with Crippen LogP contribution in [0.5, 0.6) is 11.5 Å². The number of ketones is 1. The molecule has 1 aliphatic rings. The summed E-state index contributed by atoms with van der Waals surface area (Å²) < 4.78 is 11.5. The van der Waals surface area contributed by atoms with Gasteiger partial charge in [-0.15, -0.1) is 12.4 Å². The van der Waals surface area contributed by atoms with Crippen molar-refractivity contribution >= 4 is 18.2 Å². The summed E-state index contributed by atoms with van der Waals surface area (Å²) >= 11 is 0. The average Bonchev–Trinajstić information content (AvgIpc) is 2.68. The predicted octanol–water partition coefficient (Wildman–Crippen LogP) is 3.34. The van der Waals surface area contributed by atoms with Crippen LogP contribution in [0.15, 0.2) is 48.5 Å². The molecule has 0 amide bonds. The highest BCUT2D eigenvalue weighted by Gasteiger charge is 2.26. The van der Waals surface area contributed by atoms with Crippen molar-refractivity contribution in [3.8, 4) is 11.5 Å². The van der Waals surface area contributed by atoms with Crippen LogP contribution in [0.2, 0.25) is 0 Å². The average molecular weight is 391 g/mol. The summed E-state index contributed by atoms with van der Waals surface area (Å²) in [5.74, 6) is 1.59. The van der Waals surface area contributed by atoms with Crippen molar-refractivity contribution in [3.05, 3.63) is 59.7 Å². The van der Waals surface area contributed by atoms with E-state index in [1.165, 1.54) is 5.56 Å². The molecule has 0 bridgehead atoms. The maximum Gasteiger partial charge on any atom is 0.163 e. The minimum atomic E-state index is 0. The number of ether oxygens (including phenoxy) is 2. The third-order valence-corrected chi connectivity index (χ3v) is 4.75. The molecule has 0 radical (unpaired) electrons. The van der Waals surface area contributed by atoms with Gasteiger partial charge in [0.25, 0.3) is 0 Å². The molecular formula is C21H27ClN2O3. The molecule has 1 aliphatic heterocycles. The highest BCUT2D eigenvalue weighted by atomic mass is 35.5. The van der Waals surface area contributed by atoms with E-state index in [1.54, 1.807) is 20.1 Å². The summed E-state index contributed by atoms with van der Waals surface area (Å²) in [6, 6.07) is 15.8.